The second-order valence-electron chi connectivity index (χ2n) is 3.64. The first-order chi connectivity index (χ1) is 5.37. The minimum Gasteiger partial charge on any atom is -0.481 e. The van der Waals surface area contributed by atoms with E-state index in [4.69, 9.17) is 9.84 Å². The van der Waals surface area contributed by atoms with E-state index in [1.807, 2.05) is 20.8 Å². The van der Waals surface area contributed by atoms with E-state index in [2.05, 4.69) is 0 Å². The second-order valence-corrected chi connectivity index (χ2v) is 3.64. The highest BCUT2D eigenvalue weighted by atomic mass is 16.5. The molecule has 0 aliphatic rings. The molecule has 0 aliphatic carbocycles. The fourth-order valence-electron chi connectivity index (χ4n) is 0.916. The Labute approximate surface area is 73.7 Å². The summed E-state index contributed by atoms with van der Waals surface area (Å²) in [6, 6.07) is 0. The highest BCUT2D eigenvalue weighted by Crippen LogP contribution is 2.17. The lowest BCUT2D eigenvalue weighted by molar-refractivity contribution is -0.143. The molecule has 0 unspecified atom stereocenters. The lowest BCUT2D eigenvalue weighted by Gasteiger charge is -2.27. The van der Waals surface area contributed by atoms with Crippen LogP contribution in [0.5, 0.6) is 0 Å². The molecule has 0 radical (unpaired) electrons. The van der Waals surface area contributed by atoms with Gasteiger partial charge in [0.1, 0.15) is 0 Å². The Kier molecular flexibility index (Phi) is 4.24. The van der Waals surface area contributed by atoms with Gasteiger partial charge in [0.2, 0.25) is 0 Å². The molecule has 0 aliphatic heterocycles. The number of hydrogen-bond donors (Lipinski definition) is 1. The molecule has 0 aromatic rings. The van der Waals surface area contributed by atoms with Gasteiger partial charge in [-0.2, -0.15) is 0 Å². The molecule has 0 amide bonds. The van der Waals surface area contributed by atoms with Crippen molar-refractivity contribution < 1.29 is 14.6 Å². The predicted octanol–water partition coefficient (Wildman–Crippen LogP) is 2.05. The topological polar surface area (TPSA) is 46.5 Å². The van der Waals surface area contributed by atoms with Crippen LogP contribution in [0.3, 0.4) is 0 Å². The largest absolute Gasteiger partial charge is 0.481 e. The van der Waals surface area contributed by atoms with Crippen LogP contribution in [0.25, 0.3) is 0 Å². The van der Waals surface area contributed by atoms with E-state index >= 15 is 0 Å². The van der Waals surface area contributed by atoms with Gasteiger partial charge >= 0.3 is 5.97 Å². The zero-order valence-corrected chi connectivity index (χ0v) is 8.26. The molecule has 0 spiro atoms. The van der Waals surface area contributed by atoms with Gasteiger partial charge in [0.15, 0.2) is 0 Å². The molecule has 1 atom stereocenters. The van der Waals surface area contributed by atoms with Crippen LogP contribution in [-0.2, 0) is 9.53 Å². The smallest absolute Gasteiger partial charge is 0.305 e. The molecule has 0 aromatic carbocycles. The molecule has 3 heteroatoms. The summed E-state index contributed by atoms with van der Waals surface area (Å²) in [6.45, 7) is 7.73. The Morgan fingerprint density at radius 1 is 1.58 bits per heavy atom. The molecular weight excluding hydrogens is 156 g/mol. The fourth-order valence-corrected chi connectivity index (χ4v) is 0.916. The van der Waals surface area contributed by atoms with Crippen LogP contribution in [0, 0.1) is 0 Å². The Bertz CT molecular complexity index is 152. The highest BCUT2D eigenvalue weighted by molar-refractivity contribution is 5.67. The Balaban J connectivity index is 3.83. The van der Waals surface area contributed by atoms with E-state index in [1.165, 1.54) is 0 Å². The van der Waals surface area contributed by atoms with E-state index in [-0.39, 0.29) is 18.1 Å². The van der Waals surface area contributed by atoms with Crippen LogP contribution in [0.4, 0.5) is 0 Å². The van der Waals surface area contributed by atoms with Gasteiger partial charge in [-0.15, -0.1) is 0 Å². The minimum atomic E-state index is -0.811. The molecular formula is C9H18O3. The van der Waals surface area contributed by atoms with Crippen LogP contribution in [0.2, 0.25) is 0 Å². The predicted molar refractivity (Wildman–Crippen MR) is 47.2 cm³/mol. The molecule has 0 heterocycles. The summed E-state index contributed by atoms with van der Waals surface area (Å²) >= 11 is 0. The molecule has 0 saturated carbocycles. The van der Waals surface area contributed by atoms with Crippen molar-refractivity contribution in [3.05, 3.63) is 0 Å². The van der Waals surface area contributed by atoms with Crippen LogP contribution in [0.1, 0.15) is 40.5 Å². The monoisotopic (exact) mass is 174 g/mol. The van der Waals surface area contributed by atoms with Gasteiger partial charge in [-0.3, -0.25) is 4.79 Å². The third kappa shape index (κ3) is 5.13. The number of rotatable bonds is 5. The number of aliphatic carboxylic acids is 1. The summed E-state index contributed by atoms with van der Waals surface area (Å²) in [7, 11) is 0. The van der Waals surface area contributed by atoms with Gasteiger partial charge in [0.25, 0.3) is 0 Å². The maximum Gasteiger partial charge on any atom is 0.305 e. The summed E-state index contributed by atoms with van der Waals surface area (Å²) in [4.78, 5) is 10.3. The summed E-state index contributed by atoms with van der Waals surface area (Å²) in [6.07, 6.45) is 0.748. The third-order valence-corrected chi connectivity index (χ3v) is 1.83. The Hall–Kier alpha value is -0.570. The average molecular weight is 174 g/mol. The highest BCUT2D eigenvalue weighted by Gasteiger charge is 2.20. The summed E-state index contributed by atoms with van der Waals surface area (Å²) < 4.78 is 5.52. The summed E-state index contributed by atoms with van der Waals surface area (Å²) in [5, 5.41) is 8.47. The van der Waals surface area contributed by atoms with Crippen molar-refractivity contribution in [3.63, 3.8) is 0 Å². The Morgan fingerprint density at radius 2 is 2.08 bits per heavy atom. The molecule has 0 rings (SSSR count). The van der Waals surface area contributed by atoms with E-state index in [0.29, 0.717) is 0 Å². The molecule has 0 aromatic heterocycles. The van der Waals surface area contributed by atoms with Gasteiger partial charge in [-0.1, -0.05) is 6.92 Å². The van der Waals surface area contributed by atoms with E-state index in [0.717, 1.165) is 6.42 Å². The van der Waals surface area contributed by atoms with Crippen LogP contribution < -0.4 is 0 Å². The Morgan fingerprint density at radius 3 is 2.42 bits per heavy atom. The standard InChI is InChI=1S/C9H18O3/c1-5-9(3,4)12-7(2)6-8(10)11/h7H,5-6H2,1-4H3,(H,10,11)/t7-/m0/s1. The maximum atomic E-state index is 10.3. The molecule has 0 bridgehead atoms. The second kappa shape index (κ2) is 4.45. The number of carboxylic acid groups (broad SMARTS) is 1. The van der Waals surface area contributed by atoms with Crippen molar-refractivity contribution in [1.82, 2.24) is 0 Å². The number of hydrogen-bond acceptors (Lipinski definition) is 2. The molecule has 0 fully saturated rings. The van der Waals surface area contributed by atoms with Crippen molar-refractivity contribution in [2.45, 2.75) is 52.2 Å². The normalized spacial score (nSPS) is 14.3. The fraction of sp³-hybridized carbons (Fsp3) is 0.889. The SMILES string of the molecule is CCC(C)(C)O[C@@H](C)CC(=O)O. The lowest BCUT2D eigenvalue weighted by Crippen LogP contribution is -2.29. The molecule has 72 valence electrons. The number of carboxylic acids is 1. The van der Waals surface area contributed by atoms with Crippen molar-refractivity contribution in [2.24, 2.45) is 0 Å². The van der Waals surface area contributed by atoms with Gasteiger partial charge in [-0.05, 0) is 27.2 Å². The molecule has 1 N–H and O–H groups in total. The van der Waals surface area contributed by atoms with E-state index < -0.39 is 5.97 Å². The maximum absolute atomic E-state index is 10.3. The van der Waals surface area contributed by atoms with Gasteiger partial charge < -0.3 is 9.84 Å². The minimum absolute atomic E-state index is 0.0728. The van der Waals surface area contributed by atoms with Gasteiger partial charge in [0, 0.05) is 0 Å². The summed E-state index contributed by atoms with van der Waals surface area (Å²) in [5.41, 5.74) is -0.213. The zero-order valence-electron chi connectivity index (χ0n) is 8.26. The van der Waals surface area contributed by atoms with E-state index in [1.54, 1.807) is 6.92 Å². The molecule has 3 nitrogen and oxygen atoms in total. The van der Waals surface area contributed by atoms with E-state index in [9.17, 15) is 4.79 Å². The third-order valence-electron chi connectivity index (χ3n) is 1.83. The molecule has 0 saturated heterocycles. The van der Waals surface area contributed by atoms with Crippen LogP contribution in [-0.4, -0.2) is 22.8 Å². The number of ether oxygens (including phenoxy) is 1. The van der Waals surface area contributed by atoms with Crippen molar-refractivity contribution in [3.8, 4) is 0 Å². The zero-order chi connectivity index (χ0) is 9.78. The lowest BCUT2D eigenvalue weighted by atomic mass is 10.1. The first-order valence-electron chi connectivity index (χ1n) is 4.27. The van der Waals surface area contributed by atoms with Crippen molar-refractivity contribution in [2.75, 3.05) is 0 Å². The van der Waals surface area contributed by atoms with Crippen molar-refractivity contribution >= 4 is 5.97 Å². The van der Waals surface area contributed by atoms with Crippen molar-refractivity contribution in [1.29, 1.82) is 0 Å². The van der Waals surface area contributed by atoms with Crippen LogP contribution in [0.15, 0.2) is 0 Å². The molecule has 12 heavy (non-hydrogen) atoms. The van der Waals surface area contributed by atoms with Gasteiger partial charge in [-0.25, -0.2) is 0 Å². The van der Waals surface area contributed by atoms with Gasteiger partial charge in [0.05, 0.1) is 18.1 Å². The first-order valence-corrected chi connectivity index (χ1v) is 4.27. The number of carbonyl (C=O) groups is 1. The first kappa shape index (κ1) is 11.4. The van der Waals surface area contributed by atoms with Crippen LogP contribution >= 0.6 is 0 Å². The summed E-state index contributed by atoms with van der Waals surface area (Å²) in [5.74, 6) is -0.811. The quantitative estimate of drug-likeness (QED) is 0.694. The average Bonchev–Trinajstić information content (AvgIpc) is 1.84.